The van der Waals surface area contributed by atoms with Crippen molar-refractivity contribution >= 4 is 0 Å². The Balaban J connectivity index is 2.48. The van der Waals surface area contributed by atoms with Gasteiger partial charge in [0.25, 0.3) is 0 Å². The molecule has 1 N–H and O–H groups in total. The van der Waals surface area contributed by atoms with Gasteiger partial charge in [0.05, 0.1) is 6.61 Å². The molecule has 0 fully saturated rings. The van der Waals surface area contributed by atoms with E-state index in [0.717, 1.165) is 18.9 Å². The zero-order chi connectivity index (χ0) is 14.0. The Hall–Kier alpha value is -1.02. The van der Waals surface area contributed by atoms with Crippen molar-refractivity contribution in [3.05, 3.63) is 28.8 Å². The molecule has 2 atom stereocenters. The summed E-state index contributed by atoms with van der Waals surface area (Å²) in [7, 11) is 0. The van der Waals surface area contributed by atoms with E-state index in [4.69, 9.17) is 4.74 Å². The van der Waals surface area contributed by atoms with Crippen LogP contribution >= 0.6 is 0 Å². The fourth-order valence-electron chi connectivity index (χ4n) is 2.94. The predicted molar refractivity (Wildman–Crippen MR) is 81.0 cm³/mol. The number of fused-ring (bicyclic) bond motifs is 1. The summed E-state index contributed by atoms with van der Waals surface area (Å²) in [6.45, 7) is 13.1. The van der Waals surface area contributed by atoms with Crippen LogP contribution < -0.4 is 10.1 Å². The van der Waals surface area contributed by atoms with Gasteiger partial charge in [0.2, 0.25) is 0 Å². The topological polar surface area (TPSA) is 21.3 Å². The van der Waals surface area contributed by atoms with Gasteiger partial charge in [-0.3, -0.25) is 0 Å². The second-order valence-electron chi connectivity index (χ2n) is 6.09. The highest BCUT2D eigenvalue weighted by atomic mass is 16.5. The van der Waals surface area contributed by atoms with Gasteiger partial charge in [0.1, 0.15) is 5.75 Å². The lowest BCUT2D eigenvalue weighted by atomic mass is 9.83. The lowest BCUT2D eigenvalue weighted by Crippen LogP contribution is -2.35. The second-order valence-corrected chi connectivity index (χ2v) is 6.09. The SMILES string of the molecule is CCCNC1c2c(C(C)C)ccc(C)c2OCC1C. The van der Waals surface area contributed by atoms with Crippen molar-refractivity contribution in [2.75, 3.05) is 13.2 Å². The third-order valence-corrected chi connectivity index (χ3v) is 4.03. The number of ether oxygens (including phenoxy) is 1. The number of benzene rings is 1. The fraction of sp³-hybridized carbons (Fsp3) is 0.647. The number of aryl methyl sites for hydroxylation is 1. The van der Waals surface area contributed by atoms with Crippen LogP contribution in [0.15, 0.2) is 12.1 Å². The lowest BCUT2D eigenvalue weighted by molar-refractivity contribution is 0.186. The third kappa shape index (κ3) is 2.79. The number of nitrogens with one attached hydrogen (secondary N) is 1. The van der Waals surface area contributed by atoms with Gasteiger partial charge in [0.15, 0.2) is 0 Å². The molecule has 1 aliphatic rings. The summed E-state index contributed by atoms with van der Waals surface area (Å²) in [6, 6.07) is 4.91. The van der Waals surface area contributed by atoms with E-state index in [1.165, 1.54) is 23.1 Å². The summed E-state index contributed by atoms with van der Waals surface area (Å²) < 4.78 is 6.03. The molecule has 2 nitrogen and oxygen atoms in total. The minimum atomic E-state index is 0.431. The molecule has 2 unspecified atom stereocenters. The van der Waals surface area contributed by atoms with E-state index in [-0.39, 0.29) is 0 Å². The zero-order valence-corrected chi connectivity index (χ0v) is 12.9. The van der Waals surface area contributed by atoms with Crippen LogP contribution in [-0.2, 0) is 0 Å². The monoisotopic (exact) mass is 261 g/mol. The average molecular weight is 261 g/mol. The van der Waals surface area contributed by atoms with Crippen molar-refractivity contribution < 1.29 is 4.74 Å². The lowest BCUT2D eigenvalue weighted by Gasteiger charge is -2.35. The van der Waals surface area contributed by atoms with E-state index in [1.807, 2.05) is 0 Å². The summed E-state index contributed by atoms with van der Waals surface area (Å²) in [4.78, 5) is 0. The van der Waals surface area contributed by atoms with Crippen LogP contribution in [0.3, 0.4) is 0 Å². The molecular formula is C17H27NO. The third-order valence-electron chi connectivity index (χ3n) is 4.03. The molecule has 1 aromatic carbocycles. The van der Waals surface area contributed by atoms with E-state index >= 15 is 0 Å². The van der Waals surface area contributed by atoms with Crippen molar-refractivity contribution in [3.63, 3.8) is 0 Å². The first-order chi connectivity index (χ1) is 9.06. The Kier molecular flexibility index (Phi) is 4.51. The second kappa shape index (κ2) is 5.96. The van der Waals surface area contributed by atoms with Gasteiger partial charge in [-0.25, -0.2) is 0 Å². The molecule has 0 spiro atoms. The molecule has 0 aliphatic carbocycles. The maximum absolute atomic E-state index is 6.03. The van der Waals surface area contributed by atoms with Gasteiger partial charge in [-0.05, 0) is 36.9 Å². The molecule has 0 bridgehead atoms. The minimum Gasteiger partial charge on any atom is -0.493 e. The van der Waals surface area contributed by atoms with Crippen LogP contribution in [0.4, 0.5) is 0 Å². The first kappa shape index (κ1) is 14.4. The van der Waals surface area contributed by atoms with Crippen molar-refractivity contribution in [1.29, 1.82) is 0 Å². The van der Waals surface area contributed by atoms with Crippen LogP contribution in [0.2, 0.25) is 0 Å². The van der Waals surface area contributed by atoms with Crippen molar-refractivity contribution in [3.8, 4) is 5.75 Å². The molecule has 1 heterocycles. The average Bonchev–Trinajstić information content (AvgIpc) is 2.37. The molecule has 1 aliphatic heterocycles. The molecule has 0 amide bonds. The molecule has 2 rings (SSSR count). The Bertz CT molecular complexity index is 439. The van der Waals surface area contributed by atoms with Gasteiger partial charge in [-0.2, -0.15) is 0 Å². The molecule has 106 valence electrons. The van der Waals surface area contributed by atoms with E-state index in [0.29, 0.717) is 17.9 Å². The van der Waals surface area contributed by atoms with Gasteiger partial charge < -0.3 is 10.1 Å². The first-order valence-electron chi connectivity index (χ1n) is 7.55. The van der Waals surface area contributed by atoms with Crippen molar-refractivity contribution in [2.45, 2.75) is 53.0 Å². The van der Waals surface area contributed by atoms with Crippen LogP contribution in [0.5, 0.6) is 5.75 Å². The highest BCUT2D eigenvalue weighted by Crippen LogP contribution is 2.42. The van der Waals surface area contributed by atoms with Gasteiger partial charge >= 0.3 is 0 Å². The number of rotatable bonds is 4. The smallest absolute Gasteiger partial charge is 0.127 e. The van der Waals surface area contributed by atoms with Gasteiger partial charge in [-0.1, -0.05) is 39.8 Å². The normalized spacial score (nSPS) is 22.2. The van der Waals surface area contributed by atoms with Gasteiger partial charge in [0, 0.05) is 17.5 Å². The Labute approximate surface area is 117 Å². The molecule has 0 aromatic heterocycles. The summed E-state index contributed by atoms with van der Waals surface area (Å²) >= 11 is 0. The highest BCUT2D eigenvalue weighted by Gasteiger charge is 2.31. The van der Waals surface area contributed by atoms with Crippen molar-refractivity contribution in [1.82, 2.24) is 5.32 Å². The molecule has 0 saturated heterocycles. The largest absolute Gasteiger partial charge is 0.493 e. The maximum atomic E-state index is 6.03. The predicted octanol–water partition coefficient (Wildman–Crippen LogP) is 4.19. The van der Waals surface area contributed by atoms with E-state index in [1.54, 1.807) is 0 Å². The Morgan fingerprint density at radius 2 is 2.11 bits per heavy atom. The van der Waals surface area contributed by atoms with E-state index in [2.05, 4.69) is 52.1 Å². The summed E-state index contributed by atoms with van der Waals surface area (Å²) in [5, 5.41) is 3.72. The molecule has 0 radical (unpaired) electrons. The summed E-state index contributed by atoms with van der Waals surface area (Å²) in [6.07, 6.45) is 1.17. The highest BCUT2D eigenvalue weighted by molar-refractivity contribution is 5.50. The quantitative estimate of drug-likeness (QED) is 0.877. The Morgan fingerprint density at radius 3 is 2.74 bits per heavy atom. The zero-order valence-electron chi connectivity index (χ0n) is 12.9. The molecular weight excluding hydrogens is 234 g/mol. The van der Waals surface area contributed by atoms with Crippen LogP contribution in [-0.4, -0.2) is 13.2 Å². The minimum absolute atomic E-state index is 0.431. The number of hydrogen-bond acceptors (Lipinski definition) is 2. The van der Waals surface area contributed by atoms with Crippen LogP contribution in [0, 0.1) is 12.8 Å². The van der Waals surface area contributed by atoms with Crippen LogP contribution in [0.25, 0.3) is 0 Å². The fourth-order valence-corrected chi connectivity index (χ4v) is 2.94. The first-order valence-corrected chi connectivity index (χ1v) is 7.55. The molecule has 0 saturated carbocycles. The molecule has 2 heteroatoms. The van der Waals surface area contributed by atoms with Crippen LogP contribution in [0.1, 0.15) is 62.8 Å². The van der Waals surface area contributed by atoms with Gasteiger partial charge in [-0.15, -0.1) is 0 Å². The maximum Gasteiger partial charge on any atom is 0.127 e. The van der Waals surface area contributed by atoms with Crippen molar-refractivity contribution in [2.24, 2.45) is 5.92 Å². The van der Waals surface area contributed by atoms with E-state index < -0.39 is 0 Å². The summed E-state index contributed by atoms with van der Waals surface area (Å²) in [5.74, 6) is 2.19. The van der Waals surface area contributed by atoms with E-state index in [9.17, 15) is 0 Å². The Morgan fingerprint density at radius 1 is 1.37 bits per heavy atom. The summed E-state index contributed by atoms with van der Waals surface area (Å²) in [5.41, 5.74) is 4.09. The molecule has 19 heavy (non-hydrogen) atoms. The number of hydrogen-bond donors (Lipinski definition) is 1. The molecule has 1 aromatic rings. The standard InChI is InChI=1S/C17H27NO/c1-6-9-18-16-13(5)10-19-17-12(4)7-8-14(11(2)3)15(16)17/h7-8,11,13,16,18H,6,9-10H2,1-5H3.